The summed E-state index contributed by atoms with van der Waals surface area (Å²) in [5, 5.41) is 8.87. The standard InChI is InChI=1S/C19H26N4O3/c1-12-4-5-13(2)15(10-12)14(3)21-16(24)11-23-17(25)19(22-18(23)26)6-8-20-9-7-19/h4-5,10,14,20H,6-9,11H2,1-3H3,(H,21,24)(H,22,26)/t14-/m1/s1. The summed E-state index contributed by atoms with van der Waals surface area (Å²) in [5.74, 6) is -0.633. The van der Waals surface area contributed by atoms with Crippen LogP contribution in [-0.2, 0) is 9.59 Å². The molecule has 0 unspecified atom stereocenters. The van der Waals surface area contributed by atoms with Crippen molar-refractivity contribution in [3.63, 3.8) is 0 Å². The molecule has 1 aromatic carbocycles. The number of carbonyl (C=O) groups excluding carboxylic acids is 3. The summed E-state index contributed by atoms with van der Waals surface area (Å²) >= 11 is 0. The van der Waals surface area contributed by atoms with Gasteiger partial charge in [0.2, 0.25) is 5.91 Å². The lowest BCUT2D eigenvalue weighted by atomic mass is 9.88. The Balaban J connectivity index is 1.65. The number of benzene rings is 1. The molecule has 1 aromatic rings. The number of aryl methyl sites for hydroxylation is 2. The number of nitrogens with one attached hydrogen (secondary N) is 3. The molecule has 3 N–H and O–H groups in total. The molecule has 26 heavy (non-hydrogen) atoms. The third-order valence-electron chi connectivity index (χ3n) is 5.28. The summed E-state index contributed by atoms with van der Waals surface area (Å²) in [6.07, 6.45) is 1.10. The van der Waals surface area contributed by atoms with E-state index in [1.165, 1.54) is 0 Å². The van der Waals surface area contributed by atoms with E-state index in [1.54, 1.807) is 0 Å². The average Bonchev–Trinajstić information content (AvgIpc) is 2.81. The van der Waals surface area contributed by atoms with Crippen molar-refractivity contribution in [2.75, 3.05) is 19.6 Å². The minimum absolute atomic E-state index is 0.198. The van der Waals surface area contributed by atoms with Gasteiger partial charge in [0, 0.05) is 0 Å². The minimum atomic E-state index is -0.846. The van der Waals surface area contributed by atoms with Crippen molar-refractivity contribution in [3.05, 3.63) is 34.9 Å². The first kappa shape index (κ1) is 18.4. The van der Waals surface area contributed by atoms with Crippen LogP contribution in [0, 0.1) is 13.8 Å². The van der Waals surface area contributed by atoms with Gasteiger partial charge in [0.05, 0.1) is 6.04 Å². The predicted molar refractivity (Wildman–Crippen MR) is 97.6 cm³/mol. The van der Waals surface area contributed by atoms with Crippen molar-refractivity contribution < 1.29 is 14.4 Å². The van der Waals surface area contributed by atoms with Gasteiger partial charge in [-0.25, -0.2) is 4.79 Å². The number of rotatable bonds is 4. The molecule has 1 spiro atoms. The maximum absolute atomic E-state index is 12.7. The first-order chi connectivity index (χ1) is 12.3. The lowest BCUT2D eigenvalue weighted by Crippen LogP contribution is -2.54. The molecular formula is C19H26N4O3. The Bertz CT molecular complexity index is 740. The van der Waals surface area contributed by atoms with Gasteiger partial charge in [-0.3, -0.25) is 14.5 Å². The number of amides is 4. The van der Waals surface area contributed by atoms with Crippen LogP contribution in [0.15, 0.2) is 18.2 Å². The number of hydrogen-bond acceptors (Lipinski definition) is 4. The highest BCUT2D eigenvalue weighted by Crippen LogP contribution is 2.27. The van der Waals surface area contributed by atoms with E-state index in [0.29, 0.717) is 25.9 Å². The number of hydrogen-bond donors (Lipinski definition) is 3. The van der Waals surface area contributed by atoms with Crippen LogP contribution in [0.4, 0.5) is 4.79 Å². The van der Waals surface area contributed by atoms with Gasteiger partial charge in [0.15, 0.2) is 0 Å². The summed E-state index contributed by atoms with van der Waals surface area (Å²) in [4.78, 5) is 38.4. The molecule has 2 saturated heterocycles. The molecule has 0 aliphatic carbocycles. The summed E-state index contributed by atoms with van der Waals surface area (Å²) < 4.78 is 0. The number of carbonyl (C=O) groups is 3. The number of piperidine rings is 1. The largest absolute Gasteiger partial charge is 0.348 e. The van der Waals surface area contributed by atoms with Gasteiger partial charge in [0.1, 0.15) is 12.1 Å². The highest BCUT2D eigenvalue weighted by atomic mass is 16.2. The fourth-order valence-corrected chi connectivity index (χ4v) is 3.75. The third kappa shape index (κ3) is 3.44. The second-order valence-electron chi connectivity index (χ2n) is 7.30. The van der Waals surface area contributed by atoms with Crippen molar-refractivity contribution in [1.29, 1.82) is 0 Å². The normalized spacial score (nSPS) is 20.2. The van der Waals surface area contributed by atoms with E-state index in [1.807, 2.05) is 39.0 Å². The molecule has 2 aliphatic heterocycles. The molecule has 0 saturated carbocycles. The lowest BCUT2D eigenvalue weighted by molar-refractivity contribution is -0.135. The van der Waals surface area contributed by atoms with E-state index in [4.69, 9.17) is 0 Å². The van der Waals surface area contributed by atoms with Crippen molar-refractivity contribution in [2.45, 2.75) is 45.2 Å². The van der Waals surface area contributed by atoms with E-state index >= 15 is 0 Å². The molecule has 7 heteroatoms. The van der Waals surface area contributed by atoms with Gasteiger partial charge in [-0.2, -0.15) is 0 Å². The molecule has 0 radical (unpaired) electrons. The van der Waals surface area contributed by atoms with Crippen LogP contribution in [0.2, 0.25) is 0 Å². The number of urea groups is 1. The molecule has 3 rings (SSSR count). The van der Waals surface area contributed by atoms with E-state index in [2.05, 4.69) is 16.0 Å². The van der Waals surface area contributed by atoms with Crippen LogP contribution in [-0.4, -0.2) is 47.9 Å². The molecule has 4 amide bonds. The van der Waals surface area contributed by atoms with Gasteiger partial charge >= 0.3 is 6.03 Å². The lowest BCUT2D eigenvalue weighted by Gasteiger charge is -2.31. The Labute approximate surface area is 153 Å². The molecule has 2 fully saturated rings. The molecule has 2 aliphatic rings. The van der Waals surface area contributed by atoms with Gasteiger partial charge in [0.25, 0.3) is 5.91 Å². The van der Waals surface area contributed by atoms with Crippen LogP contribution >= 0.6 is 0 Å². The monoisotopic (exact) mass is 358 g/mol. The van der Waals surface area contributed by atoms with Crippen molar-refractivity contribution in [1.82, 2.24) is 20.9 Å². The van der Waals surface area contributed by atoms with Gasteiger partial charge in [-0.1, -0.05) is 23.8 Å². The predicted octanol–water partition coefficient (Wildman–Crippen LogP) is 1.15. The maximum atomic E-state index is 12.7. The molecule has 1 atom stereocenters. The highest BCUT2D eigenvalue weighted by Gasteiger charge is 2.51. The SMILES string of the molecule is Cc1ccc(C)c([C@@H](C)NC(=O)CN2C(=O)NC3(CCNCC3)C2=O)c1. The topological polar surface area (TPSA) is 90.5 Å². The van der Waals surface area contributed by atoms with Crippen LogP contribution in [0.1, 0.15) is 42.5 Å². The summed E-state index contributed by atoms with van der Waals surface area (Å²) in [6.45, 7) is 7.00. The Morgan fingerprint density at radius 1 is 1.27 bits per heavy atom. The molecule has 140 valence electrons. The first-order valence-corrected chi connectivity index (χ1v) is 9.04. The second kappa shape index (κ2) is 7.07. The highest BCUT2D eigenvalue weighted by molar-refractivity contribution is 6.09. The second-order valence-corrected chi connectivity index (χ2v) is 7.30. The summed E-state index contributed by atoms with van der Waals surface area (Å²) in [7, 11) is 0. The van der Waals surface area contributed by atoms with Crippen molar-refractivity contribution in [2.24, 2.45) is 0 Å². The summed E-state index contributed by atoms with van der Waals surface area (Å²) in [6, 6.07) is 5.41. The number of imide groups is 1. The van der Waals surface area contributed by atoms with Crippen LogP contribution in [0.5, 0.6) is 0 Å². The van der Waals surface area contributed by atoms with Gasteiger partial charge < -0.3 is 16.0 Å². The van der Waals surface area contributed by atoms with Crippen molar-refractivity contribution in [3.8, 4) is 0 Å². The van der Waals surface area contributed by atoms with Crippen molar-refractivity contribution >= 4 is 17.8 Å². The Morgan fingerprint density at radius 2 is 1.96 bits per heavy atom. The molecule has 0 bridgehead atoms. The Morgan fingerprint density at radius 3 is 2.65 bits per heavy atom. The van der Waals surface area contributed by atoms with Crippen LogP contribution in [0.25, 0.3) is 0 Å². The fraction of sp³-hybridized carbons (Fsp3) is 0.526. The molecular weight excluding hydrogens is 332 g/mol. The average molecular weight is 358 g/mol. The number of nitrogens with zero attached hydrogens (tertiary/aromatic N) is 1. The van der Waals surface area contributed by atoms with E-state index in [0.717, 1.165) is 21.6 Å². The Kier molecular flexibility index (Phi) is 5.00. The van der Waals surface area contributed by atoms with E-state index < -0.39 is 11.6 Å². The quantitative estimate of drug-likeness (QED) is 0.705. The molecule has 2 heterocycles. The first-order valence-electron chi connectivity index (χ1n) is 9.04. The van der Waals surface area contributed by atoms with E-state index in [-0.39, 0.29) is 24.4 Å². The fourth-order valence-electron chi connectivity index (χ4n) is 3.75. The molecule has 7 nitrogen and oxygen atoms in total. The van der Waals surface area contributed by atoms with Crippen LogP contribution < -0.4 is 16.0 Å². The zero-order chi connectivity index (χ0) is 18.9. The van der Waals surface area contributed by atoms with Crippen LogP contribution in [0.3, 0.4) is 0 Å². The zero-order valence-corrected chi connectivity index (χ0v) is 15.5. The maximum Gasteiger partial charge on any atom is 0.325 e. The smallest absolute Gasteiger partial charge is 0.325 e. The van der Waals surface area contributed by atoms with Gasteiger partial charge in [-0.15, -0.1) is 0 Å². The summed E-state index contributed by atoms with van der Waals surface area (Å²) in [5.41, 5.74) is 2.40. The minimum Gasteiger partial charge on any atom is -0.348 e. The Hall–Kier alpha value is -2.41. The zero-order valence-electron chi connectivity index (χ0n) is 15.5. The van der Waals surface area contributed by atoms with E-state index in [9.17, 15) is 14.4 Å². The third-order valence-corrected chi connectivity index (χ3v) is 5.28. The molecule has 0 aromatic heterocycles. The van der Waals surface area contributed by atoms with Gasteiger partial charge in [-0.05, 0) is 57.8 Å².